The molecule has 0 N–H and O–H groups in total. The lowest BCUT2D eigenvalue weighted by Gasteiger charge is -2.20. The van der Waals surface area contributed by atoms with Crippen molar-refractivity contribution in [1.82, 2.24) is 0 Å². The molecule has 0 unspecified atom stereocenters. The summed E-state index contributed by atoms with van der Waals surface area (Å²) in [6.07, 6.45) is 0. The van der Waals surface area contributed by atoms with Crippen LogP contribution in [0.3, 0.4) is 0 Å². The largest absolute Gasteiger partial charge is 0.489 e. The second-order valence-electron chi connectivity index (χ2n) is 6.14. The van der Waals surface area contributed by atoms with Gasteiger partial charge in [0, 0.05) is 23.3 Å². The first kappa shape index (κ1) is 17.1. The van der Waals surface area contributed by atoms with Crippen LogP contribution >= 0.6 is 0 Å². The predicted octanol–water partition coefficient (Wildman–Crippen LogP) is 4.71. The lowest BCUT2D eigenvalue weighted by Crippen LogP contribution is -2.14. The van der Waals surface area contributed by atoms with Crippen molar-refractivity contribution in [2.45, 2.75) is 13.2 Å². The van der Waals surface area contributed by atoms with Crippen LogP contribution in [0.5, 0.6) is 11.5 Å². The van der Waals surface area contributed by atoms with Crippen LogP contribution in [0.1, 0.15) is 11.1 Å². The lowest BCUT2D eigenvalue weighted by atomic mass is 10.1. The van der Waals surface area contributed by atoms with Gasteiger partial charge in [-0.2, -0.15) is 0 Å². The molecule has 0 saturated carbocycles. The fourth-order valence-electron chi connectivity index (χ4n) is 3.03. The number of ether oxygens (including phenoxy) is 3. The minimum Gasteiger partial charge on any atom is -0.489 e. The normalized spacial score (nSPS) is 12.7. The molecule has 0 saturated heterocycles. The van der Waals surface area contributed by atoms with Gasteiger partial charge in [0.2, 0.25) is 0 Å². The van der Waals surface area contributed by atoms with Gasteiger partial charge in [0.1, 0.15) is 18.1 Å². The Morgan fingerprint density at radius 1 is 1.00 bits per heavy atom. The Balaban J connectivity index is 1.53. The van der Waals surface area contributed by atoms with E-state index in [1.165, 1.54) is 12.1 Å². The molecular weight excluding hydrogens is 346 g/mol. The van der Waals surface area contributed by atoms with Crippen LogP contribution in [-0.2, 0) is 18.0 Å². The smallest absolute Gasteiger partial charge is 0.270 e. The maximum atomic E-state index is 11.2. The molecule has 3 aromatic rings. The molecule has 1 heterocycles. The second kappa shape index (κ2) is 7.47. The molecule has 6 heteroatoms. The van der Waals surface area contributed by atoms with Crippen molar-refractivity contribution in [3.05, 3.63) is 88.0 Å². The van der Waals surface area contributed by atoms with Gasteiger partial charge in [-0.05, 0) is 23.3 Å². The molecule has 1 aliphatic rings. The van der Waals surface area contributed by atoms with E-state index in [0.29, 0.717) is 22.6 Å². The third-order valence-corrected chi connectivity index (χ3v) is 4.34. The zero-order chi connectivity index (χ0) is 18.6. The molecule has 136 valence electrons. The van der Waals surface area contributed by atoms with Gasteiger partial charge in [0.25, 0.3) is 5.69 Å². The van der Waals surface area contributed by atoms with E-state index in [0.717, 1.165) is 11.1 Å². The average Bonchev–Trinajstić information content (AvgIpc) is 2.73. The quantitative estimate of drug-likeness (QED) is 0.485. The predicted molar refractivity (Wildman–Crippen MR) is 99.6 cm³/mol. The van der Waals surface area contributed by atoms with E-state index in [1.807, 2.05) is 54.6 Å². The highest BCUT2D eigenvalue weighted by atomic mass is 16.7. The zero-order valence-corrected chi connectivity index (χ0v) is 14.5. The minimum absolute atomic E-state index is 0.000811. The first-order valence-electron chi connectivity index (χ1n) is 8.50. The molecule has 1 aliphatic heterocycles. The summed E-state index contributed by atoms with van der Waals surface area (Å²) in [5.41, 5.74) is 3.52. The fraction of sp³-hybridized carbons (Fsp3) is 0.143. The summed E-state index contributed by atoms with van der Waals surface area (Å²) in [6, 6.07) is 20.8. The molecule has 0 atom stereocenters. The molecule has 0 radical (unpaired) electrons. The molecular formula is C21H17NO5. The van der Waals surface area contributed by atoms with Crippen LogP contribution in [-0.4, -0.2) is 11.7 Å². The summed E-state index contributed by atoms with van der Waals surface area (Å²) in [7, 11) is 0. The van der Waals surface area contributed by atoms with Gasteiger partial charge in [-0.1, -0.05) is 42.5 Å². The standard InChI is InChI=1S/C21H17NO5/c23-22(24)19-10-17-12-25-14-27-21(17)18(11-19)13-26-20-8-6-16(7-9-20)15-4-2-1-3-5-15/h1-11H,12-14H2. The van der Waals surface area contributed by atoms with E-state index >= 15 is 0 Å². The Kier molecular flexibility index (Phi) is 4.72. The second-order valence-corrected chi connectivity index (χ2v) is 6.14. The highest BCUT2D eigenvalue weighted by Crippen LogP contribution is 2.33. The number of hydrogen-bond donors (Lipinski definition) is 0. The Hall–Kier alpha value is -3.38. The molecule has 0 amide bonds. The fourth-order valence-corrected chi connectivity index (χ4v) is 3.03. The van der Waals surface area contributed by atoms with Gasteiger partial charge in [-0.25, -0.2) is 0 Å². The first-order valence-corrected chi connectivity index (χ1v) is 8.50. The number of fused-ring (bicyclic) bond motifs is 1. The summed E-state index contributed by atoms with van der Waals surface area (Å²) in [5.74, 6) is 1.29. The lowest BCUT2D eigenvalue weighted by molar-refractivity contribution is -0.385. The molecule has 6 nitrogen and oxygen atoms in total. The summed E-state index contributed by atoms with van der Waals surface area (Å²) < 4.78 is 16.6. The van der Waals surface area contributed by atoms with Crippen LogP contribution in [0.15, 0.2) is 66.7 Å². The van der Waals surface area contributed by atoms with Gasteiger partial charge >= 0.3 is 0 Å². The van der Waals surface area contributed by atoms with Gasteiger partial charge in [0.15, 0.2) is 6.79 Å². The maximum absolute atomic E-state index is 11.2. The third-order valence-electron chi connectivity index (χ3n) is 4.34. The van der Waals surface area contributed by atoms with Crippen molar-refractivity contribution in [2.24, 2.45) is 0 Å². The Morgan fingerprint density at radius 3 is 2.48 bits per heavy atom. The molecule has 0 spiro atoms. The molecule has 0 bridgehead atoms. The van der Waals surface area contributed by atoms with Crippen LogP contribution in [0.25, 0.3) is 11.1 Å². The summed E-state index contributed by atoms with van der Waals surface area (Å²) in [4.78, 5) is 10.7. The molecule has 3 aromatic carbocycles. The van der Waals surface area contributed by atoms with E-state index < -0.39 is 4.92 Å². The minimum atomic E-state index is -0.424. The Bertz CT molecular complexity index is 954. The van der Waals surface area contributed by atoms with E-state index in [9.17, 15) is 10.1 Å². The van der Waals surface area contributed by atoms with Crippen molar-refractivity contribution < 1.29 is 19.1 Å². The molecule has 4 rings (SSSR count). The third kappa shape index (κ3) is 3.75. The highest BCUT2D eigenvalue weighted by molar-refractivity contribution is 5.63. The van der Waals surface area contributed by atoms with Gasteiger partial charge in [-0.3, -0.25) is 10.1 Å². The van der Waals surface area contributed by atoms with Crippen molar-refractivity contribution in [3.63, 3.8) is 0 Å². The van der Waals surface area contributed by atoms with Gasteiger partial charge in [0.05, 0.1) is 11.5 Å². The molecule has 0 fully saturated rings. The Labute approximate surface area is 156 Å². The Morgan fingerprint density at radius 2 is 1.74 bits per heavy atom. The van der Waals surface area contributed by atoms with Crippen molar-refractivity contribution in [3.8, 4) is 22.6 Å². The number of benzene rings is 3. The number of nitro benzene ring substituents is 1. The van der Waals surface area contributed by atoms with Crippen LogP contribution < -0.4 is 9.47 Å². The van der Waals surface area contributed by atoms with Crippen molar-refractivity contribution in [1.29, 1.82) is 0 Å². The van der Waals surface area contributed by atoms with E-state index in [2.05, 4.69) is 0 Å². The summed E-state index contributed by atoms with van der Waals surface area (Å²) in [5, 5.41) is 11.2. The monoisotopic (exact) mass is 363 g/mol. The number of rotatable bonds is 5. The number of nitrogens with zero attached hydrogens (tertiary/aromatic N) is 1. The van der Waals surface area contributed by atoms with Crippen molar-refractivity contribution >= 4 is 5.69 Å². The summed E-state index contributed by atoms with van der Waals surface area (Å²) >= 11 is 0. The molecule has 0 aromatic heterocycles. The van der Waals surface area contributed by atoms with Crippen LogP contribution in [0, 0.1) is 10.1 Å². The number of nitro groups is 1. The van der Waals surface area contributed by atoms with E-state index in [1.54, 1.807) is 0 Å². The summed E-state index contributed by atoms with van der Waals surface area (Å²) in [6.45, 7) is 0.591. The average molecular weight is 363 g/mol. The zero-order valence-electron chi connectivity index (χ0n) is 14.5. The molecule has 0 aliphatic carbocycles. The van der Waals surface area contributed by atoms with Crippen LogP contribution in [0.4, 0.5) is 5.69 Å². The topological polar surface area (TPSA) is 70.8 Å². The maximum Gasteiger partial charge on any atom is 0.270 e. The first-order chi connectivity index (χ1) is 13.2. The molecule has 27 heavy (non-hydrogen) atoms. The van der Waals surface area contributed by atoms with Crippen LogP contribution in [0.2, 0.25) is 0 Å². The van der Waals surface area contributed by atoms with Crippen molar-refractivity contribution in [2.75, 3.05) is 6.79 Å². The van der Waals surface area contributed by atoms with Gasteiger partial charge in [-0.15, -0.1) is 0 Å². The van der Waals surface area contributed by atoms with E-state index in [4.69, 9.17) is 14.2 Å². The van der Waals surface area contributed by atoms with E-state index in [-0.39, 0.29) is 25.7 Å². The number of non-ortho nitro benzene ring substituents is 1. The number of hydrogen-bond acceptors (Lipinski definition) is 5. The highest BCUT2D eigenvalue weighted by Gasteiger charge is 2.21. The van der Waals surface area contributed by atoms with Gasteiger partial charge < -0.3 is 14.2 Å². The SMILES string of the molecule is O=[N+]([O-])c1cc2c(c(COc3ccc(-c4ccccc4)cc3)c1)OCOC2.